The molecule has 3 N–H and O–H groups in total. The molecule has 2 heterocycles. The molecule has 2 aromatic rings. The average molecular weight is 485 g/mol. The van der Waals surface area contributed by atoms with Crippen molar-refractivity contribution in [1.29, 1.82) is 0 Å². The molecule has 146 valence electrons. The van der Waals surface area contributed by atoms with Crippen LogP contribution in [0.1, 0.15) is 18.9 Å². The molecule has 6 nitrogen and oxygen atoms in total. The maximum Gasteiger partial charge on any atom is 0.191 e. The molecule has 1 aromatic carbocycles. The lowest BCUT2D eigenvalue weighted by atomic mass is 10.2. The Kier molecular flexibility index (Phi) is 8.08. The van der Waals surface area contributed by atoms with Crippen molar-refractivity contribution in [1.82, 2.24) is 15.6 Å². The molecule has 1 unspecified atom stereocenters. The van der Waals surface area contributed by atoms with Crippen molar-refractivity contribution in [2.45, 2.75) is 25.9 Å². The van der Waals surface area contributed by atoms with E-state index in [-0.39, 0.29) is 41.6 Å². The Morgan fingerprint density at radius 3 is 2.81 bits per heavy atom. The minimum Gasteiger partial charge on any atom is -0.508 e. The van der Waals surface area contributed by atoms with Crippen molar-refractivity contribution in [2.75, 3.05) is 24.5 Å². The number of nitrogens with one attached hydrogen (secondary N) is 2. The summed E-state index contributed by atoms with van der Waals surface area (Å²) in [7, 11) is 0. The van der Waals surface area contributed by atoms with E-state index in [4.69, 9.17) is 0 Å². The number of pyridine rings is 1. The number of guanidine groups is 1. The number of aliphatic imine (C=N–C) groups is 1. The molecule has 27 heavy (non-hydrogen) atoms. The molecular weight excluding hydrogens is 460 g/mol. The summed E-state index contributed by atoms with van der Waals surface area (Å²) < 4.78 is 13.9. The number of aromatic hydroxyl groups is 1. The molecule has 1 saturated heterocycles. The minimum absolute atomic E-state index is 0. The van der Waals surface area contributed by atoms with Gasteiger partial charge in [0.05, 0.1) is 6.54 Å². The van der Waals surface area contributed by atoms with E-state index < -0.39 is 0 Å². The Balaban J connectivity index is 0.00000261. The SMILES string of the molecule is CCNC(=NCc1ccc(O)cc1)NC1CCN(c2ncccc2F)C1.I. The summed E-state index contributed by atoms with van der Waals surface area (Å²) in [6.45, 7) is 4.72. The molecule has 0 amide bonds. The van der Waals surface area contributed by atoms with Gasteiger partial charge < -0.3 is 20.6 Å². The van der Waals surface area contributed by atoms with E-state index in [1.807, 2.05) is 24.0 Å². The Hall–Kier alpha value is -2.10. The Bertz CT molecular complexity index is 756. The van der Waals surface area contributed by atoms with Crippen molar-refractivity contribution in [3.63, 3.8) is 0 Å². The van der Waals surface area contributed by atoms with E-state index in [0.717, 1.165) is 31.0 Å². The van der Waals surface area contributed by atoms with Crippen LogP contribution in [0.3, 0.4) is 0 Å². The molecule has 3 rings (SSSR count). The van der Waals surface area contributed by atoms with Gasteiger partial charge in [-0.25, -0.2) is 14.4 Å². The Morgan fingerprint density at radius 1 is 1.33 bits per heavy atom. The van der Waals surface area contributed by atoms with Crippen molar-refractivity contribution in [3.8, 4) is 5.75 Å². The highest BCUT2D eigenvalue weighted by atomic mass is 127. The maximum absolute atomic E-state index is 13.9. The van der Waals surface area contributed by atoms with Gasteiger partial charge in [0.2, 0.25) is 0 Å². The summed E-state index contributed by atoms with van der Waals surface area (Å²) in [5.41, 5.74) is 1.02. The fourth-order valence-electron chi connectivity index (χ4n) is 2.97. The second-order valence-corrected chi connectivity index (χ2v) is 6.25. The van der Waals surface area contributed by atoms with E-state index in [1.165, 1.54) is 6.07 Å². The summed E-state index contributed by atoms with van der Waals surface area (Å²) in [6.07, 6.45) is 2.50. The van der Waals surface area contributed by atoms with Crippen LogP contribution in [0.15, 0.2) is 47.6 Å². The van der Waals surface area contributed by atoms with Crippen LogP contribution in [0.4, 0.5) is 10.2 Å². The van der Waals surface area contributed by atoms with Gasteiger partial charge in [-0.05, 0) is 43.2 Å². The summed E-state index contributed by atoms with van der Waals surface area (Å²) in [5.74, 6) is 1.09. The van der Waals surface area contributed by atoms with Crippen molar-refractivity contribution >= 4 is 35.8 Å². The number of nitrogens with zero attached hydrogens (tertiary/aromatic N) is 3. The van der Waals surface area contributed by atoms with Crippen LogP contribution in [0.2, 0.25) is 0 Å². The summed E-state index contributed by atoms with van der Waals surface area (Å²) in [5, 5.41) is 16.0. The van der Waals surface area contributed by atoms with Crippen LogP contribution < -0.4 is 15.5 Å². The molecule has 0 bridgehead atoms. The number of benzene rings is 1. The van der Waals surface area contributed by atoms with Crippen molar-refractivity contribution in [3.05, 3.63) is 54.0 Å². The monoisotopic (exact) mass is 485 g/mol. The standard InChI is InChI=1S/C19H24FN5O.HI/c1-2-21-19(23-12-14-5-7-16(26)8-6-14)24-15-9-11-25(13-15)18-17(20)4-3-10-22-18;/h3-8,10,15,26H,2,9,11-13H2,1H3,(H2,21,23,24);1H. The van der Waals surface area contributed by atoms with Crippen LogP contribution in [0, 0.1) is 5.82 Å². The second kappa shape index (κ2) is 10.3. The Morgan fingerprint density at radius 2 is 2.11 bits per heavy atom. The highest BCUT2D eigenvalue weighted by molar-refractivity contribution is 14.0. The molecular formula is C19H25FIN5O. The zero-order valence-electron chi connectivity index (χ0n) is 15.2. The molecule has 0 radical (unpaired) electrons. The van der Waals surface area contributed by atoms with Crippen LogP contribution in [0.25, 0.3) is 0 Å². The zero-order valence-corrected chi connectivity index (χ0v) is 17.6. The summed E-state index contributed by atoms with van der Waals surface area (Å²) >= 11 is 0. The highest BCUT2D eigenvalue weighted by Gasteiger charge is 2.25. The molecule has 0 saturated carbocycles. The highest BCUT2D eigenvalue weighted by Crippen LogP contribution is 2.20. The first-order valence-electron chi connectivity index (χ1n) is 8.84. The summed E-state index contributed by atoms with van der Waals surface area (Å²) in [4.78, 5) is 10.7. The van der Waals surface area contributed by atoms with Crippen LogP contribution >= 0.6 is 24.0 Å². The Labute approximate surface area is 175 Å². The van der Waals surface area contributed by atoms with Gasteiger partial charge in [0, 0.05) is 31.9 Å². The van der Waals surface area contributed by atoms with E-state index in [0.29, 0.717) is 18.9 Å². The number of hydrogen-bond acceptors (Lipinski definition) is 4. The summed E-state index contributed by atoms with van der Waals surface area (Å²) in [6, 6.07) is 10.2. The number of halogens is 2. The number of rotatable bonds is 5. The van der Waals surface area contributed by atoms with Gasteiger partial charge >= 0.3 is 0 Å². The topological polar surface area (TPSA) is 72.8 Å². The van der Waals surface area contributed by atoms with Gasteiger partial charge in [0.25, 0.3) is 0 Å². The lowest BCUT2D eigenvalue weighted by Crippen LogP contribution is -2.44. The van der Waals surface area contributed by atoms with Gasteiger partial charge in [0.1, 0.15) is 5.75 Å². The number of hydrogen-bond donors (Lipinski definition) is 3. The molecule has 1 aromatic heterocycles. The van der Waals surface area contributed by atoms with Gasteiger partial charge in [-0.2, -0.15) is 0 Å². The van der Waals surface area contributed by atoms with Crippen LogP contribution in [-0.4, -0.2) is 41.7 Å². The molecule has 1 aliphatic heterocycles. The van der Waals surface area contributed by atoms with Gasteiger partial charge in [-0.1, -0.05) is 12.1 Å². The predicted molar refractivity (Wildman–Crippen MR) is 116 cm³/mol. The third-order valence-corrected chi connectivity index (χ3v) is 4.27. The lowest BCUT2D eigenvalue weighted by Gasteiger charge is -2.20. The zero-order chi connectivity index (χ0) is 18.4. The van der Waals surface area contributed by atoms with E-state index >= 15 is 0 Å². The second-order valence-electron chi connectivity index (χ2n) is 6.25. The minimum atomic E-state index is -0.291. The lowest BCUT2D eigenvalue weighted by molar-refractivity contribution is 0.475. The van der Waals surface area contributed by atoms with Crippen LogP contribution in [-0.2, 0) is 6.54 Å². The normalized spacial score (nSPS) is 16.7. The smallest absolute Gasteiger partial charge is 0.191 e. The van der Waals surface area contributed by atoms with E-state index in [2.05, 4.69) is 20.6 Å². The molecule has 0 spiro atoms. The van der Waals surface area contributed by atoms with E-state index in [9.17, 15) is 9.50 Å². The first kappa shape index (κ1) is 21.2. The number of anilines is 1. The average Bonchev–Trinajstić information content (AvgIpc) is 3.10. The molecule has 1 aliphatic rings. The molecule has 0 aliphatic carbocycles. The molecule has 8 heteroatoms. The van der Waals surface area contributed by atoms with Gasteiger partial charge in [-0.3, -0.25) is 0 Å². The fourth-order valence-corrected chi connectivity index (χ4v) is 2.97. The fraction of sp³-hybridized carbons (Fsp3) is 0.368. The maximum atomic E-state index is 13.9. The quantitative estimate of drug-likeness (QED) is 0.345. The number of phenols is 1. The van der Waals surface area contributed by atoms with Crippen molar-refractivity contribution < 1.29 is 9.50 Å². The van der Waals surface area contributed by atoms with Gasteiger partial charge in [0.15, 0.2) is 17.6 Å². The number of phenolic OH excluding ortho intramolecular Hbond substituents is 1. The van der Waals surface area contributed by atoms with E-state index in [1.54, 1.807) is 24.4 Å². The van der Waals surface area contributed by atoms with Crippen LogP contribution in [0.5, 0.6) is 5.75 Å². The molecule has 1 atom stereocenters. The number of aromatic nitrogens is 1. The largest absolute Gasteiger partial charge is 0.508 e. The van der Waals surface area contributed by atoms with Crippen molar-refractivity contribution in [2.24, 2.45) is 4.99 Å². The first-order chi connectivity index (χ1) is 12.7. The first-order valence-corrected chi connectivity index (χ1v) is 8.84. The molecule has 1 fully saturated rings. The van der Waals surface area contributed by atoms with Gasteiger partial charge in [-0.15, -0.1) is 24.0 Å². The predicted octanol–water partition coefficient (Wildman–Crippen LogP) is 2.88. The third kappa shape index (κ3) is 5.95. The third-order valence-electron chi connectivity index (χ3n) is 4.27.